The molecule has 1 aliphatic heterocycles. The highest BCUT2D eigenvalue weighted by Crippen LogP contribution is 1.98. The first kappa shape index (κ1) is 11.9. The van der Waals surface area contributed by atoms with Gasteiger partial charge >= 0.3 is 0 Å². The fourth-order valence-electron chi connectivity index (χ4n) is 1.37. The number of nitrogens with zero attached hydrogens (tertiary/aromatic N) is 4. The van der Waals surface area contributed by atoms with Gasteiger partial charge in [-0.05, 0) is 13.8 Å². The number of piperazine rings is 1. The molecule has 0 atom stereocenters. The van der Waals surface area contributed by atoms with E-state index in [0.717, 1.165) is 26.2 Å². The standard InChI is InChI=1S/C10H18N4O/c1-11-7-10(15)8-12-9-14-5-3-13(2)4-6-14/h7-8,15H,1,3-6,9H2,2H3/b10-7+,12-8-. The number of aliphatic hydroxyl groups is 1. The molecule has 1 saturated heterocycles. The molecule has 84 valence electrons. The van der Waals surface area contributed by atoms with E-state index in [2.05, 4.69) is 33.5 Å². The number of hydrogen-bond donors (Lipinski definition) is 1. The molecule has 0 aromatic rings. The summed E-state index contributed by atoms with van der Waals surface area (Å²) in [6.45, 7) is 8.07. The van der Waals surface area contributed by atoms with Gasteiger partial charge in [0.05, 0.1) is 19.1 Å². The van der Waals surface area contributed by atoms with Crippen LogP contribution >= 0.6 is 0 Å². The van der Waals surface area contributed by atoms with Crippen molar-refractivity contribution >= 4 is 12.9 Å². The van der Waals surface area contributed by atoms with Gasteiger partial charge in [-0.1, -0.05) is 0 Å². The lowest BCUT2D eigenvalue weighted by Crippen LogP contribution is -2.44. The van der Waals surface area contributed by atoms with E-state index in [0.29, 0.717) is 6.67 Å². The average Bonchev–Trinajstić information content (AvgIpc) is 2.21. The quantitative estimate of drug-likeness (QED) is 0.538. The molecule has 1 N–H and O–H groups in total. The summed E-state index contributed by atoms with van der Waals surface area (Å²) in [5, 5.41) is 9.17. The van der Waals surface area contributed by atoms with Crippen LogP contribution in [0.25, 0.3) is 0 Å². The van der Waals surface area contributed by atoms with Crippen LogP contribution in [0.2, 0.25) is 0 Å². The number of aliphatic imine (C=N–C) groups is 2. The molecule has 5 nitrogen and oxygen atoms in total. The Morgan fingerprint density at radius 3 is 2.67 bits per heavy atom. The van der Waals surface area contributed by atoms with Crippen molar-refractivity contribution in [2.45, 2.75) is 0 Å². The zero-order valence-corrected chi connectivity index (χ0v) is 9.13. The Hall–Kier alpha value is -1.20. The topological polar surface area (TPSA) is 51.4 Å². The maximum absolute atomic E-state index is 9.17. The molecule has 1 fully saturated rings. The Morgan fingerprint density at radius 1 is 1.40 bits per heavy atom. The lowest BCUT2D eigenvalue weighted by atomic mass is 10.3. The molecule has 15 heavy (non-hydrogen) atoms. The Morgan fingerprint density at radius 2 is 2.07 bits per heavy atom. The summed E-state index contributed by atoms with van der Waals surface area (Å²) in [7, 11) is 2.12. The molecule has 1 heterocycles. The van der Waals surface area contributed by atoms with Crippen LogP contribution in [0.3, 0.4) is 0 Å². The molecule has 0 aromatic carbocycles. The molecule has 0 bridgehead atoms. The second-order valence-corrected chi connectivity index (χ2v) is 3.61. The Labute approximate surface area is 90.4 Å². The number of aliphatic hydroxyl groups excluding tert-OH is 1. The minimum Gasteiger partial charge on any atom is -0.505 e. The number of hydrogen-bond acceptors (Lipinski definition) is 5. The zero-order chi connectivity index (χ0) is 11.1. The summed E-state index contributed by atoms with van der Waals surface area (Å²) in [5.74, 6) is 0.0409. The smallest absolute Gasteiger partial charge is 0.151 e. The first-order valence-electron chi connectivity index (χ1n) is 4.98. The van der Waals surface area contributed by atoms with E-state index in [1.54, 1.807) is 0 Å². The number of allylic oxidation sites excluding steroid dienone is 1. The molecule has 0 unspecified atom stereocenters. The minimum absolute atomic E-state index is 0.0409. The van der Waals surface area contributed by atoms with Gasteiger partial charge in [-0.2, -0.15) is 0 Å². The van der Waals surface area contributed by atoms with Gasteiger partial charge in [-0.3, -0.25) is 14.9 Å². The monoisotopic (exact) mass is 210 g/mol. The van der Waals surface area contributed by atoms with Gasteiger partial charge in [0.2, 0.25) is 0 Å². The van der Waals surface area contributed by atoms with E-state index in [1.807, 2.05) is 0 Å². The van der Waals surface area contributed by atoms with Crippen LogP contribution in [0, 0.1) is 0 Å². The van der Waals surface area contributed by atoms with Crippen molar-refractivity contribution in [1.82, 2.24) is 9.80 Å². The summed E-state index contributed by atoms with van der Waals surface area (Å²) in [6.07, 6.45) is 2.68. The van der Waals surface area contributed by atoms with Gasteiger partial charge in [0.15, 0.2) is 5.76 Å². The van der Waals surface area contributed by atoms with Gasteiger partial charge in [0, 0.05) is 26.2 Å². The van der Waals surface area contributed by atoms with Crippen LogP contribution < -0.4 is 0 Å². The van der Waals surface area contributed by atoms with Crippen molar-refractivity contribution in [2.24, 2.45) is 9.98 Å². The van der Waals surface area contributed by atoms with E-state index < -0.39 is 0 Å². The van der Waals surface area contributed by atoms with E-state index in [1.165, 1.54) is 12.4 Å². The highest BCUT2D eigenvalue weighted by atomic mass is 16.3. The highest BCUT2D eigenvalue weighted by molar-refractivity contribution is 5.75. The van der Waals surface area contributed by atoms with Gasteiger partial charge in [-0.25, -0.2) is 0 Å². The Balaban J connectivity index is 2.25. The first-order valence-corrected chi connectivity index (χ1v) is 4.98. The molecule has 0 aliphatic carbocycles. The van der Waals surface area contributed by atoms with E-state index in [-0.39, 0.29) is 5.76 Å². The van der Waals surface area contributed by atoms with Crippen LogP contribution in [0.5, 0.6) is 0 Å². The fourth-order valence-corrected chi connectivity index (χ4v) is 1.37. The van der Waals surface area contributed by atoms with Crippen molar-refractivity contribution in [3.05, 3.63) is 12.0 Å². The minimum atomic E-state index is 0.0409. The predicted molar refractivity (Wildman–Crippen MR) is 62.7 cm³/mol. The second-order valence-electron chi connectivity index (χ2n) is 3.61. The summed E-state index contributed by atoms with van der Waals surface area (Å²) < 4.78 is 0. The van der Waals surface area contributed by atoms with E-state index >= 15 is 0 Å². The SMILES string of the molecule is C=N/C=C(O)\C=N/CN1CCN(C)CC1. The highest BCUT2D eigenvalue weighted by Gasteiger charge is 2.11. The van der Waals surface area contributed by atoms with Gasteiger partial charge in [0.25, 0.3) is 0 Å². The van der Waals surface area contributed by atoms with Crippen molar-refractivity contribution in [2.75, 3.05) is 39.9 Å². The molecule has 5 heteroatoms. The van der Waals surface area contributed by atoms with Crippen LogP contribution in [-0.4, -0.2) is 67.7 Å². The van der Waals surface area contributed by atoms with Crippen LogP contribution in [0.1, 0.15) is 0 Å². The summed E-state index contributed by atoms with van der Waals surface area (Å²) in [4.78, 5) is 12.1. The molecule has 1 aliphatic rings. The van der Waals surface area contributed by atoms with Crippen LogP contribution in [0.15, 0.2) is 21.9 Å². The lowest BCUT2D eigenvalue weighted by molar-refractivity contribution is 0.158. The average molecular weight is 210 g/mol. The predicted octanol–water partition coefficient (Wildman–Crippen LogP) is 0.362. The van der Waals surface area contributed by atoms with E-state index in [9.17, 15) is 5.11 Å². The summed E-state index contributed by atoms with van der Waals surface area (Å²) in [6, 6.07) is 0. The van der Waals surface area contributed by atoms with Crippen LogP contribution in [-0.2, 0) is 0 Å². The molecular formula is C10H18N4O. The largest absolute Gasteiger partial charge is 0.505 e. The first-order chi connectivity index (χ1) is 7.22. The van der Waals surface area contributed by atoms with Crippen molar-refractivity contribution in [3.8, 4) is 0 Å². The zero-order valence-electron chi connectivity index (χ0n) is 9.13. The molecule has 0 radical (unpaired) electrons. The van der Waals surface area contributed by atoms with Gasteiger partial charge in [-0.15, -0.1) is 0 Å². The fraction of sp³-hybridized carbons (Fsp3) is 0.600. The summed E-state index contributed by atoms with van der Waals surface area (Å²) >= 11 is 0. The summed E-state index contributed by atoms with van der Waals surface area (Å²) in [5.41, 5.74) is 0. The number of rotatable bonds is 4. The molecule has 0 saturated carbocycles. The van der Waals surface area contributed by atoms with Crippen LogP contribution in [0.4, 0.5) is 0 Å². The molecule has 0 spiro atoms. The van der Waals surface area contributed by atoms with Crippen molar-refractivity contribution in [1.29, 1.82) is 0 Å². The third-order valence-corrected chi connectivity index (χ3v) is 2.32. The van der Waals surface area contributed by atoms with E-state index in [4.69, 9.17) is 0 Å². The van der Waals surface area contributed by atoms with Gasteiger partial charge in [0.1, 0.15) is 0 Å². The lowest BCUT2D eigenvalue weighted by Gasteiger charge is -2.30. The second kappa shape index (κ2) is 6.31. The normalized spacial score (nSPS) is 21.0. The Bertz CT molecular complexity index is 254. The molecule has 1 rings (SSSR count). The van der Waals surface area contributed by atoms with Gasteiger partial charge < -0.3 is 10.0 Å². The third-order valence-electron chi connectivity index (χ3n) is 2.32. The molecule has 0 amide bonds. The molecule has 0 aromatic heterocycles. The molecular weight excluding hydrogens is 192 g/mol. The maximum atomic E-state index is 9.17. The Kier molecular flexibility index (Phi) is 5.00. The number of likely N-dealkylation sites (N-methyl/N-ethyl adjacent to an activating group) is 1. The third kappa shape index (κ3) is 4.71. The van der Waals surface area contributed by atoms with Crippen molar-refractivity contribution < 1.29 is 5.11 Å². The van der Waals surface area contributed by atoms with Crippen molar-refractivity contribution in [3.63, 3.8) is 0 Å². The maximum Gasteiger partial charge on any atom is 0.151 e.